The van der Waals surface area contributed by atoms with Gasteiger partial charge in [0.05, 0.1) is 18.8 Å². The molecule has 1 aromatic carbocycles. The molecule has 27 heavy (non-hydrogen) atoms. The molecule has 1 saturated heterocycles. The van der Waals surface area contributed by atoms with Crippen LogP contribution in [0.25, 0.3) is 23.4 Å². The minimum Gasteiger partial charge on any atom is -0.379 e. The second-order valence-corrected chi connectivity index (χ2v) is 7.36. The zero-order valence-electron chi connectivity index (χ0n) is 14.8. The summed E-state index contributed by atoms with van der Waals surface area (Å²) in [6.07, 6.45) is 6.27. The van der Waals surface area contributed by atoms with Crippen LogP contribution in [0.2, 0.25) is 0 Å². The lowest BCUT2D eigenvalue weighted by Gasteiger charge is -2.08. The molecule has 1 aliphatic heterocycles. The molecule has 1 aliphatic rings. The van der Waals surface area contributed by atoms with Crippen LogP contribution in [-0.2, 0) is 4.74 Å². The topological polar surface area (TPSA) is 77.2 Å². The lowest BCUT2D eigenvalue weighted by atomic mass is 10.1. The summed E-state index contributed by atoms with van der Waals surface area (Å²) in [4.78, 5) is 17.2. The number of thiazole rings is 1. The van der Waals surface area contributed by atoms with Gasteiger partial charge in [-0.2, -0.15) is 0 Å². The van der Waals surface area contributed by atoms with Crippen molar-refractivity contribution < 1.29 is 14.1 Å². The van der Waals surface area contributed by atoms with Crippen LogP contribution in [0.3, 0.4) is 0 Å². The molecule has 0 unspecified atom stereocenters. The molecule has 138 valence electrons. The predicted molar refractivity (Wildman–Crippen MR) is 104 cm³/mol. The highest BCUT2D eigenvalue weighted by atomic mass is 32.1. The predicted octanol–water partition coefficient (Wildman–Crippen LogP) is 3.80. The summed E-state index contributed by atoms with van der Waals surface area (Å²) in [5.41, 5.74) is 2.69. The summed E-state index contributed by atoms with van der Waals surface area (Å²) in [6, 6.07) is 9.97. The molecule has 0 radical (unpaired) electrons. The van der Waals surface area contributed by atoms with Crippen molar-refractivity contribution in [2.24, 2.45) is 0 Å². The smallest absolute Gasteiger partial charge is 0.263 e. The van der Waals surface area contributed by atoms with E-state index in [9.17, 15) is 4.79 Å². The van der Waals surface area contributed by atoms with Gasteiger partial charge < -0.3 is 14.6 Å². The van der Waals surface area contributed by atoms with Gasteiger partial charge in [-0.3, -0.25) is 4.79 Å². The van der Waals surface area contributed by atoms with Gasteiger partial charge in [-0.25, -0.2) is 4.98 Å². The van der Waals surface area contributed by atoms with Crippen molar-refractivity contribution >= 4 is 29.4 Å². The third-order valence-electron chi connectivity index (χ3n) is 4.36. The van der Waals surface area contributed by atoms with Crippen molar-refractivity contribution in [3.05, 3.63) is 57.7 Å². The van der Waals surface area contributed by atoms with Gasteiger partial charge in [0, 0.05) is 17.7 Å². The maximum absolute atomic E-state index is 12.3. The van der Waals surface area contributed by atoms with E-state index in [-0.39, 0.29) is 11.9 Å². The lowest BCUT2D eigenvalue weighted by molar-refractivity contribution is 0.0934. The zero-order valence-corrected chi connectivity index (χ0v) is 15.7. The first-order chi connectivity index (χ1) is 13.2. The van der Waals surface area contributed by atoms with Crippen LogP contribution in [0, 0.1) is 6.92 Å². The van der Waals surface area contributed by atoms with Crippen LogP contribution < -0.4 is 5.32 Å². The molecule has 1 amide bonds. The third-order valence-corrected chi connectivity index (χ3v) is 5.32. The molecule has 0 bridgehead atoms. The number of nitrogens with zero attached hydrogens (tertiary/aromatic N) is 2. The van der Waals surface area contributed by atoms with E-state index in [1.807, 2.05) is 49.4 Å². The highest BCUT2D eigenvalue weighted by molar-refractivity contribution is 7.14. The van der Waals surface area contributed by atoms with E-state index < -0.39 is 0 Å². The molecule has 7 heteroatoms. The van der Waals surface area contributed by atoms with Gasteiger partial charge >= 0.3 is 0 Å². The number of carbonyl (C=O) groups excluding carboxylic acids is 1. The van der Waals surface area contributed by atoms with Crippen LogP contribution in [0.5, 0.6) is 0 Å². The second-order valence-electron chi connectivity index (χ2n) is 6.30. The summed E-state index contributed by atoms with van der Waals surface area (Å²) in [5, 5.41) is 7.90. The van der Waals surface area contributed by atoms with E-state index in [2.05, 4.69) is 15.5 Å². The fourth-order valence-electron chi connectivity index (χ4n) is 2.91. The minimum atomic E-state index is -0.103. The Balaban J connectivity index is 1.50. The number of carbonyl (C=O) groups is 1. The maximum Gasteiger partial charge on any atom is 0.263 e. The van der Waals surface area contributed by atoms with Gasteiger partial charge in [0.2, 0.25) is 0 Å². The van der Waals surface area contributed by atoms with E-state index in [1.54, 1.807) is 6.20 Å². The largest absolute Gasteiger partial charge is 0.379 e. The second kappa shape index (κ2) is 7.85. The van der Waals surface area contributed by atoms with Crippen LogP contribution in [0.1, 0.15) is 32.4 Å². The van der Waals surface area contributed by atoms with E-state index >= 15 is 0 Å². The van der Waals surface area contributed by atoms with Crippen molar-refractivity contribution in [1.29, 1.82) is 0 Å². The van der Waals surface area contributed by atoms with Crippen molar-refractivity contribution in [1.82, 2.24) is 15.5 Å². The molecule has 1 atom stereocenters. The highest BCUT2D eigenvalue weighted by Gasteiger charge is 2.19. The Hall–Kier alpha value is -2.77. The first-order valence-electron chi connectivity index (χ1n) is 8.75. The SMILES string of the molecule is Cc1onc(-c2ccccc2)c1/C=C/c1ncc(C(=O)N[C@@H]2CCOC2)s1. The van der Waals surface area contributed by atoms with Crippen molar-refractivity contribution in [2.45, 2.75) is 19.4 Å². The van der Waals surface area contributed by atoms with Gasteiger partial charge in [-0.05, 0) is 25.5 Å². The fourth-order valence-corrected chi connectivity index (χ4v) is 3.63. The molecule has 3 heterocycles. The minimum absolute atomic E-state index is 0.0895. The molecule has 1 N–H and O–H groups in total. The normalized spacial score (nSPS) is 16.9. The number of nitrogens with one attached hydrogen (secondary N) is 1. The highest BCUT2D eigenvalue weighted by Crippen LogP contribution is 2.27. The van der Waals surface area contributed by atoms with Crippen LogP contribution in [0.15, 0.2) is 41.1 Å². The number of hydrogen-bond acceptors (Lipinski definition) is 6. The summed E-state index contributed by atoms with van der Waals surface area (Å²) in [6.45, 7) is 3.15. The molecular weight excluding hydrogens is 362 g/mol. The standard InChI is InChI=1S/C20H19N3O3S/c1-13-16(19(23-26-13)14-5-3-2-4-6-14)7-8-18-21-11-17(27-18)20(24)22-15-9-10-25-12-15/h2-8,11,15H,9-10,12H2,1H3,(H,22,24)/b8-7+/t15-/m1/s1. The zero-order chi connectivity index (χ0) is 18.6. The Labute approximate surface area is 160 Å². The summed E-state index contributed by atoms with van der Waals surface area (Å²) in [7, 11) is 0. The molecule has 3 aromatic rings. The summed E-state index contributed by atoms with van der Waals surface area (Å²) < 4.78 is 10.6. The van der Waals surface area contributed by atoms with Gasteiger partial charge in [0.15, 0.2) is 0 Å². The number of hydrogen-bond donors (Lipinski definition) is 1. The Morgan fingerprint density at radius 2 is 2.15 bits per heavy atom. The first kappa shape index (κ1) is 17.6. The molecule has 4 rings (SSSR count). The van der Waals surface area contributed by atoms with Gasteiger partial charge in [0.1, 0.15) is 21.3 Å². The fraction of sp³-hybridized carbons (Fsp3) is 0.250. The average molecular weight is 381 g/mol. The van der Waals surface area contributed by atoms with Crippen LogP contribution in [0.4, 0.5) is 0 Å². The molecule has 6 nitrogen and oxygen atoms in total. The van der Waals surface area contributed by atoms with E-state index in [1.165, 1.54) is 11.3 Å². The van der Waals surface area contributed by atoms with E-state index in [0.717, 1.165) is 34.0 Å². The molecular formula is C20H19N3O3S. The van der Waals surface area contributed by atoms with Gasteiger partial charge in [0.25, 0.3) is 5.91 Å². The summed E-state index contributed by atoms with van der Waals surface area (Å²) in [5.74, 6) is 0.634. The molecule has 0 spiro atoms. The molecule has 0 aliphatic carbocycles. The Morgan fingerprint density at radius 3 is 2.93 bits per heavy atom. The Morgan fingerprint density at radius 1 is 1.30 bits per heavy atom. The molecule has 0 saturated carbocycles. The quantitative estimate of drug-likeness (QED) is 0.727. The van der Waals surface area contributed by atoms with Gasteiger partial charge in [-0.1, -0.05) is 35.5 Å². The number of aromatic nitrogens is 2. The van der Waals surface area contributed by atoms with Gasteiger partial charge in [-0.15, -0.1) is 11.3 Å². The monoisotopic (exact) mass is 381 g/mol. The first-order valence-corrected chi connectivity index (χ1v) is 9.56. The number of ether oxygens (including phenoxy) is 1. The third kappa shape index (κ3) is 3.99. The maximum atomic E-state index is 12.3. The van der Waals surface area contributed by atoms with Crippen LogP contribution in [-0.4, -0.2) is 35.3 Å². The lowest BCUT2D eigenvalue weighted by Crippen LogP contribution is -2.34. The number of amides is 1. The van der Waals surface area contributed by atoms with Crippen LogP contribution >= 0.6 is 11.3 Å². The van der Waals surface area contributed by atoms with E-state index in [0.29, 0.717) is 18.1 Å². The number of aryl methyl sites for hydroxylation is 1. The Bertz CT molecular complexity index is 956. The van der Waals surface area contributed by atoms with Crippen molar-refractivity contribution in [3.8, 4) is 11.3 Å². The number of rotatable bonds is 5. The van der Waals surface area contributed by atoms with Crippen molar-refractivity contribution in [3.63, 3.8) is 0 Å². The average Bonchev–Trinajstić information content (AvgIpc) is 3.42. The van der Waals surface area contributed by atoms with Crippen molar-refractivity contribution in [2.75, 3.05) is 13.2 Å². The number of benzene rings is 1. The Kier molecular flexibility index (Phi) is 5.13. The molecule has 1 fully saturated rings. The molecule has 2 aromatic heterocycles. The van der Waals surface area contributed by atoms with E-state index in [4.69, 9.17) is 9.26 Å². The summed E-state index contributed by atoms with van der Waals surface area (Å²) >= 11 is 1.35.